The Labute approximate surface area is 101 Å². The molecular formula is C13H19FN2O. The molecule has 0 saturated heterocycles. The zero-order valence-electron chi connectivity index (χ0n) is 9.99. The Bertz CT molecular complexity index is 323. The van der Waals surface area contributed by atoms with E-state index in [1.807, 2.05) is 0 Å². The van der Waals surface area contributed by atoms with Gasteiger partial charge in [-0.05, 0) is 25.0 Å². The Morgan fingerprint density at radius 1 is 1.29 bits per heavy atom. The maximum atomic E-state index is 12.6. The van der Waals surface area contributed by atoms with Crippen molar-refractivity contribution in [2.45, 2.75) is 38.2 Å². The van der Waals surface area contributed by atoms with E-state index in [2.05, 4.69) is 10.3 Å². The van der Waals surface area contributed by atoms with Crippen molar-refractivity contribution >= 4 is 5.82 Å². The van der Waals surface area contributed by atoms with E-state index in [-0.39, 0.29) is 5.82 Å². The lowest BCUT2D eigenvalue weighted by Crippen LogP contribution is -2.20. The highest BCUT2D eigenvalue weighted by Gasteiger charge is 2.12. The Hall–Kier alpha value is -1.16. The summed E-state index contributed by atoms with van der Waals surface area (Å²) in [5.74, 6) is 0.382. The zero-order chi connectivity index (χ0) is 11.9. The molecule has 1 heterocycles. The minimum atomic E-state index is -0.311. The number of hydrogen-bond donors (Lipinski definition) is 1. The molecule has 0 radical (unpaired) electrons. The first-order chi connectivity index (χ1) is 8.34. The number of ether oxygens (including phenoxy) is 1. The fourth-order valence-electron chi connectivity index (χ4n) is 2.12. The number of aromatic nitrogens is 1. The van der Waals surface area contributed by atoms with Gasteiger partial charge in [-0.15, -0.1) is 0 Å². The summed E-state index contributed by atoms with van der Waals surface area (Å²) in [6.45, 7) is 1.40. The van der Waals surface area contributed by atoms with Gasteiger partial charge in [0, 0.05) is 6.54 Å². The Morgan fingerprint density at radius 2 is 2.12 bits per heavy atom. The molecule has 0 aromatic carbocycles. The van der Waals surface area contributed by atoms with Gasteiger partial charge in [0.1, 0.15) is 11.6 Å². The largest absolute Gasteiger partial charge is 0.376 e. The molecule has 0 amide bonds. The number of halogens is 1. The minimum Gasteiger partial charge on any atom is -0.376 e. The average Bonchev–Trinajstić information content (AvgIpc) is 2.38. The number of rotatable bonds is 5. The molecular weight excluding hydrogens is 219 g/mol. The van der Waals surface area contributed by atoms with Crippen LogP contribution >= 0.6 is 0 Å². The molecule has 4 heteroatoms. The van der Waals surface area contributed by atoms with Crippen molar-refractivity contribution in [3.8, 4) is 0 Å². The summed E-state index contributed by atoms with van der Waals surface area (Å²) < 4.78 is 18.4. The highest BCUT2D eigenvalue weighted by atomic mass is 19.1. The van der Waals surface area contributed by atoms with Crippen LogP contribution in [0.1, 0.15) is 32.1 Å². The highest BCUT2D eigenvalue weighted by molar-refractivity contribution is 5.33. The van der Waals surface area contributed by atoms with Crippen LogP contribution in [0.3, 0.4) is 0 Å². The molecule has 94 valence electrons. The molecule has 17 heavy (non-hydrogen) atoms. The molecule has 0 aliphatic heterocycles. The van der Waals surface area contributed by atoms with Gasteiger partial charge in [-0.3, -0.25) is 0 Å². The van der Waals surface area contributed by atoms with E-state index in [4.69, 9.17) is 4.74 Å². The van der Waals surface area contributed by atoms with Crippen molar-refractivity contribution in [1.82, 2.24) is 4.98 Å². The topological polar surface area (TPSA) is 34.1 Å². The maximum absolute atomic E-state index is 12.6. The maximum Gasteiger partial charge on any atom is 0.141 e. The number of pyridine rings is 1. The van der Waals surface area contributed by atoms with Gasteiger partial charge in [0.25, 0.3) is 0 Å². The smallest absolute Gasteiger partial charge is 0.141 e. The highest BCUT2D eigenvalue weighted by Crippen LogP contribution is 2.19. The number of nitrogens with zero attached hydrogens (tertiary/aromatic N) is 1. The van der Waals surface area contributed by atoms with E-state index < -0.39 is 0 Å². The number of anilines is 1. The summed E-state index contributed by atoms with van der Waals surface area (Å²) >= 11 is 0. The van der Waals surface area contributed by atoms with Gasteiger partial charge >= 0.3 is 0 Å². The molecule has 3 nitrogen and oxygen atoms in total. The lowest BCUT2D eigenvalue weighted by Gasteiger charge is -2.22. The third kappa shape index (κ3) is 4.30. The van der Waals surface area contributed by atoms with Crippen molar-refractivity contribution in [2.75, 3.05) is 18.5 Å². The van der Waals surface area contributed by atoms with Gasteiger partial charge in [0.05, 0.1) is 18.9 Å². The molecule has 1 aliphatic carbocycles. The molecule has 0 atom stereocenters. The lowest BCUT2D eigenvalue weighted by atomic mass is 9.98. The summed E-state index contributed by atoms with van der Waals surface area (Å²) in [5, 5.41) is 3.11. The second kappa shape index (κ2) is 6.55. The van der Waals surface area contributed by atoms with E-state index >= 15 is 0 Å². The molecule has 0 bridgehead atoms. The molecule has 1 saturated carbocycles. The predicted octanol–water partition coefficient (Wildman–Crippen LogP) is 2.98. The summed E-state index contributed by atoms with van der Waals surface area (Å²) in [7, 11) is 0. The summed E-state index contributed by atoms with van der Waals surface area (Å²) in [4.78, 5) is 3.92. The Kier molecular flexibility index (Phi) is 4.74. The van der Waals surface area contributed by atoms with Crippen LogP contribution in [0.15, 0.2) is 18.3 Å². The van der Waals surface area contributed by atoms with Crippen LogP contribution in [-0.2, 0) is 4.74 Å². The van der Waals surface area contributed by atoms with Gasteiger partial charge in [0.15, 0.2) is 0 Å². The zero-order valence-corrected chi connectivity index (χ0v) is 9.99. The monoisotopic (exact) mass is 238 g/mol. The SMILES string of the molecule is Fc1ccc(NCCOC2CCCCC2)nc1. The Morgan fingerprint density at radius 3 is 2.82 bits per heavy atom. The third-order valence-corrected chi connectivity index (χ3v) is 3.04. The minimum absolute atomic E-state index is 0.311. The van der Waals surface area contributed by atoms with E-state index in [9.17, 15) is 4.39 Å². The van der Waals surface area contributed by atoms with Gasteiger partial charge in [0.2, 0.25) is 0 Å². The summed E-state index contributed by atoms with van der Waals surface area (Å²) in [6.07, 6.45) is 7.95. The number of hydrogen-bond acceptors (Lipinski definition) is 3. The molecule has 0 spiro atoms. The molecule has 1 N–H and O–H groups in total. The standard InChI is InChI=1S/C13H19FN2O/c14-11-6-7-13(16-10-11)15-8-9-17-12-4-2-1-3-5-12/h6-7,10,12H,1-5,8-9H2,(H,15,16). The second-order valence-corrected chi connectivity index (χ2v) is 4.42. The van der Waals surface area contributed by atoms with Gasteiger partial charge < -0.3 is 10.1 Å². The van der Waals surface area contributed by atoms with E-state index in [1.165, 1.54) is 44.4 Å². The van der Waals surface area contributed by atoms with Gasteiger partial charge in [-0.2, -0.15) is 0 Å². The first kappa shape index (κ1) is 12.3. The average molecular weight is 238 g/mol. The molecule has 2 rings (SSSR count). The third-order valence-electron chi connectivity index (χ3n) is 3.04. The van der Waals surface area contributed by atoms with Crippen molar-refractivity contribution < 1.29 is 9.13 Å². The molecule has 1 aromatic rings. The van der Waals surface area contributed by atoms with E-state index in [0.717, 1.165) is 6.54 Å². The molecule has 1 fully saturated rings. The van der Waals surface area contributed by atoms with Crippen molar-refractivity contribution in [3.05, 3.63) is 24.1 Å². The normalized spacial score (nSPS) is 17.0. The van der Waals surface area contributed by atoms with Gasteiger partial charge in [-0.1, -0.05) is 19.3 Å². The van der Waals surface area contributed by atoms with E-state index in [0.29, 0.717) is 18.5 Å². The summed E-state index contributed by atoms with van der Waals surface area (Å²) in [5.41, 5.74) is 0. The van der Waals surface area contributed by atoms with Crippen molar-refractivity contribution in [2.24, 2.45) is 0 Å². The molecule has 1 aromatic heterocycles. The van der Waals surface area contributed by atoms with Crippen LogP contribution in [0, 0.1) is 5.82 Å². The van der Waals surface area contributed by atoms with E-state index in [1.54, 1.807) is 6.07 Å². The van der Waals surface area contributed by atoms with Crippen LogP contribution in [0.4, 0.5) is 10.2 Å². The second-order valence-electron chi connectivity index (χ2n) is 4.42. The molecule has 0 unspecified atom stereocenters. The quantitative estimate of drug-likeness (QED) is 0.801. The lowest BCUT2D eigenvalue weighted by molar-refractivity contribution is 0.0347. The van der Waals surface area contributed by atoms with Crippen LogP contribution < -0.4 is 5.32 Å². The van der Waals surface area contributed by atoms with Crippen LogP contribution in [0.2, 0.25) is 0 Å². The van der Waals surface area contributed by atoms with Crippen LogP contribution in [0.5, 0.6) is 0 Å². The fourth-order valence-corrected chi connectivity index (χ4v) is 2.12. The van der Waals surface area contributed by atoms with Crippen molar-refractivity contribution in [3.63, 3.8) is 0 Å². The molecule has 1 aliphatic rings. The van der Waals surface area contributed by atoms with Crippen molar-refractivity contribution in [1.29, 1.82) is 0 Å². The first-order valence-corrected chi connectivity index (χ1v) is 6.31. The number of nitrogens with one attached hydrogen (secondary N) is 1. The fraction of sp³-hybridized carbons (Fsp3) is 0.615. The summed E-state index contributed by atoms with van der Waals surface area (Å²) in [6, 6.07) is 3.03. The first-order valence-electron chi connectivity index (χ1n) is 6.31. The Balaban J connectivity index is 1.60. The predicted molar refractivity (Wildman–Crippen MR) is 65.5 cm³/mol. The van der Waals surface area contributed by atoms with Gasteiger partial charge in [-0.25, -0.2) is 9.37 Å². The van der Waals surface area contributed by atoms with Crippen LogP contribution in [-0.4, -0.2) is 24.2 Å². The van der Waals surface area contributed by atoms with Crippen LogP contribution in [0.25, 0.3) is 0 Å².